The summed E-state index contributed by atoms with van der Waals surface area (Å²) in [5.41, 5.74) is 0. The molecule has 1 saturated heterocycles. The zero-order valence-corrected chi connectivity index (χ0v) is 7.33. The smallest absolute Gasteiger partial charge is 0.323 e. The number of urea groups is 1. The molecule has 74 valence electrons. The van der Waals surface area contributed by atoms with E-state index in [1.165, 1.54) is 0 Å². The fraction of sp³-hybridized carbons (Fsp3) is 0.714. The lowest BCUT2D eigenvalue weighted by Crippen LogP contribution is -2.60. The van der Waals surface area contributed by atoms with Crippen molar-refractivity contribution in [3.63, 3.8) is 0 Å². The zero-order chi connectivity index (χ0) is 10.0. The molecule has 0 saturated carbocycles. The van der Waals surface area contributed by atoms with E-state index >= 15 is 0 Å². The van der Waals surface area contributed by atoms with E-state index in [2.05, 4.69) is 5.32 Å². The predicted molar refractivity (Wildman–Crippen MR) is 41.6 cm³/mol. The van der Waals surface area contributed by atoms with Gasteiger partial charge in [0.25, 0.3) is 5.91 Å². The average molecular weight is 190 g/mol. The maximum atomic E-state index is 13.0. The molecule has 2 atom stereocenters. The monoisotopic (exact) mass is 190 g/mol. The lowest BCUT2D eigenvalue weighted by atomic mass is 10.2. The van der Waals surface area contributed by atoms with Crippen LogP contribution in [0.25, 0.3) is 0 Å². The van der Waals surface area contributed by atoms with Gasteiger partial charge in [0, 0.05) is 0 Å². The summed E-state index contributed by atoms with van der Waals surface area (Å²) in [6.07, 6.45) is -3.28. The van der Waals surface area contributed by atoms with Gasteiger partial charge in [0.2, 0.25) is 6.17 Å². The first kappa shape index (κ1) is 9.91. The van der Waals surface area contributed by atoms with Crippen molar-refractivity contribution < 1.29 is 18.7 Å². The van der Waals surface area contributed by atoms with E-state index in [9.17, 15) is 14.0 Å². The Morgan fingerprint density at radius 2 is 2.08 bits per heavy atom. The molecule has 1 aliphatic heterocycles. The van der Waals surface area contributed by atoms with Gasteiger partial charge in [-0.3, -0.25) is 10.1 Å². The molecule has 1 fully saturated rings. The molecule has 13 heavy (non-hydrogen) atoms. The van der Waals surface area contributed by atoms with E-state index in [1.54, 1.807) is 19.2 Å². The minimum Gasteiger partial charge on any atom is -0.352 e. The summed E-state index contributed by atoms with van der Waals surface area (Å²) < 4.78 is 18.0. The maximum absolute atomic E-state index is 13.0. The molecule has 6 heteroatoms. The van der Waals surface area contributed by atoms with Crippen LogP contribution in [0.4, 0.5) is 9.18 Å². The summed E-state index contributed by atoms with van der Waals surface area (Å²) in [5, 5.41) is 3.95. The van der Waals surface area contributed by atoms with Gasteiger partial charge in [0.05, 0.1) is 6.10 Å². The molecule has 0 aromatic rings. The number of alkyl halides is 1. The number of carbonyl (C=O) groups excluding carboxylic acids is 2. The van der Waals surface area contributed by atoms with Gasteiger partial charge in [0.1, 0.15) is 0 Å². The molecule has 2 unspecified atom stereocenters. The minimum atomic E-state index is -1.85. The van der Waals surface area contributed by atoms with Crippen molar-refractivity contribution in [3.8, 4) is 0 Å². The number of halogens is 1. The van der Waals surface area contributed by atoms with E-state index in [1.807, 2.05) is 0 Å². The van der Waals surface area contributed by atoms with Crippen molar-refractivity contribution in [1.82, 2.24) is 10.6 Å². The number of amides is 3. The van der Waals surface area contributed by atoms with Crippen LogP contribution in [0.2, 0.25) is 0 Å². The summed E-state index contributed by atoms with van der Waals surface area (Å²) in [5.74, 6) is -0.964. The third-order valence-corrected chi connectivity index (χ3v) is 1.45. The molecule has 1 rings (SSSR count). The quantitative estimate of drug-likeness (QED) is 0.639. The van der Waals surface area contributed by atoms with Crippen molar-refractivity contribution >= 4 is 11.9 Å². The molecule has 0 aliphatic carbocycles. The van der Waals surface area contributed by atoms with Crippen LogP contribution in [-0.4, -0.2) is 30.4 Å². The number of ether oxygens (including phenoxy) is 1. The van der Waals surface area contributed by atoms with Crippen LogP contribution >= 0.6 is 0 Å². The Morgan fingerprint density at radius 3 is 2.62 bits per heavy atom. The van der Waals surface area contributed by atoms with Gasteiger partial charge in [-0.1, -0.05) is 0 Å². The first-order valence-electron chi connectivity index (χ1n) is 3.91. The molecule has 0 aromatic heterocycles. The minimum absolute atomic E-state index is 0.255. The average Bonchev–Trinajstić information content (AvgIpc) is 1.98. The lowest BCUT2D eigenvalue weighted by Gasteiger charge is -2.27. The molecule has 1 heterocycles. The van der Waals surface area contributed by atoms with Gasteiger partial charge in [-0.05, 0) is 13.8 Å². The first-order valence-corrected chi connectivity index (χ1v) is 3.91. The maximum Gasteiger partial charge on any atom is 0.323 e. The van der Waals surface area contributed by atoms with Crippen molar-refractivity contribution in [1.29, 1.82) is 0 Å². The van der Waals surface area contributed by atoms with Crippen LogP contribution in [0.5, 0.6) is 0 Å². The standard InChI is InChI=1S/C7H11FN2O3/c1-3(2)13-6-4(8)5(11)9-7(12)10-6/h3-4,6H,1-2H3,(H2,9,10,11,12). The van der Waals surface area contributed by atoms with E-state index in [-0.39, 0.29) is 6.10 Å². The molecule has 0 spiro atoms. The molecule has 5 nitrogen and oxygen atoms in total. The molecule has 0 radical (unpaired) electrons. The number of carbonyl (C=O) groups is 2. The largest absolute Gasteiger partial charge is 0.352 e. The fourth-order valence-corrected chi connectivity index (χ4v) is 0.953. The van der Waals surface area contributed by atoms with E-state index in [0.717, 1.165) is 0 Å². The van der Waals surface area contributed by atoms with E-state index in [4.69, 9.17) is 4.74 Å². The molecule has 0 aromatic carbocycles. The number of nitrogens with one attached hydrogen (secondary N) is 2. The Morgan fingerprint density at radius 1 is 1.46 bits per heavy atom. The highest BCUT2D eigenvalue weighted by molar-refractivity contribution is 5.99. The van der Waals surface area contributed by atoms with Crippen LogP contribution in [0, 0.1) is 0 Å². The molecule has 3 amide bonds. The third-order valence-electron chi connectivity index (χ3n) is 1.45. The summed E-state index contributed by atoms with van der Waals surface area (Å²) in [4.78, 5) is 21.5. The van der Waals surface area contributed by atoms with Gasteiger partial charge in [0.15, 0.2) is 6.23 Å². The second-order valence-corrected chi connectivity index (χ2v) is 2.97. The molecular formula is C7H11FN2O3. The summed E-state index contributed by atoms with van der Waals surface area (Å²) >= 11 is 0. The zero-order valence-electron chi connectivity index (χ0n) is 7.33. The third kappa shape index (κ3) is 2.38. The van der Waals surface area contributed by atoms with Crippen LogP contribution in [0.3, 0.4) is 0 Å². The second-order valence-electron chi connectivity index (χ2n) is 2.97. The summed E-state index contributed by atoms with van der Waals surface area (Å²) in [7, 11) is 0. The van der Waals surface area contributed by atoms with E-state index < -0.39 is 24.3 Å². The number of imide groups is 1. The molecule has 2 N–H and O–H groups in total. The summed E-state index contributed by atoms with van der Waals surface area (Å²) in [6, 6.07) is -0.732. The number of hydrogen-bond donors (Lipinski definition) is 2. The van der Waals surface area contributed by atoms with Crippen molar-refractivity contribution in [2.45, 2.75) is 32.4 Å². The SMILES string of the molecule is CC(C)OC1NC(=O)NC(=O)C1F. The Labute approximate surface area is 74.6 Å². The summed E-state index contributed by atoms with van der Waals surface area (Å²) in [6.45, 7) is 3.37. The van der Waals surface area contributed by atoms with E-state index in [0.29, 0.717) is 0 Å². The van der Waals surface area contributed by atoms with Crippen LogP contribution < -0.4 is 10.6 Å². The Balaban J connectivity index is 2.61. The Hall–Kier alpha value is -1.17. The van der Waals surface area contributed by atoms with Crippen molar-refractivity contribution in [3.05, 3.63) is 0 Å². The second kappa shape index (κ2) is 3.69. The van der Waals surface area contributed by atoms with Gasteiger partial charge in [-0.25, -0.2) is 9.18 Å². The molecular weight excluding hydrogens is 179 g/mol. The van der Waals surface area contributed by atoms with Crippen molar-refractivity contribution in [2.75, 3.05) is 0 Å². The van der Waals surface area contributed by atoms with Gasteiger partial charge >= 0.3 is 6.03 Å². The Kier molecular flexibility index (Phi) is 2.82. The topological polar surface area (TPSA) is 67.4 Å². The fourth-order valence-electron chi connectivity index (χ4n) is 0.953. The number of rotatable bonds is 2. The highest BCUT2D eigenvalue weighted by Gasteiger charge is 2.36. The first-order chi connectivity index (χ1) is 6.00. The predicted octanol–water partition coefficient (Wildman–Crippen LogP) is -0.0850. The van der Waals surface area contributed by atoms with Gasteiger partial charge in [-0.2, -0.15) is 0 Å². The molecule has 0 bridgehead atoms. The van der Waals surface area contributed by atoms with Gasteiger partial charge in [-0.15, -0.1) is 0 Å². The number of hydrogen-bond acceptors (Lipinski definition) is 3. The normalized spacial score (nSPS) is 28.6. The lowest BCUT2D eigenvalue weighted by molar-refractivity contribution is -0.136. The van der Waals surface area contributed by atoms with Crippen molar-refractivity contribution in [2.24, 2.45) is 0 Å². The van der Waals surface area contributed by atoms with Crippen LogP contribution in [-0.2, 0) is 9.53 Å². The highest BCUT2D eigenvalue weighted by Crippen LogP contribution is 2.08. The molecule has 1 aliphatic rings. The van der Waals surface area contributed by atoms with Crippen LogP contribution in [0.1, 0.15) is 13.8 Å². The van der Waals surface area contributed by atoms with Gasteiger partial charge < -0.3 is 10.1 Å². The van der Waals surface area contributed by atoms with Crippen LogP contribution in [0.15, 0.2) is 0 Å². The Bertz CT molecular complexity index is 232. The highest BCUT2D eigenvalue weighted by atomic mass is 19.1.